The van der Waals surface area contributed by atoms with Gasteiger partial charge in [0.25, 0.3) is 0 Å². The minimum absolute atomic E-state index is 0.0183. The Bertz CT molecular complexity index is 1520. The molecule has 0 spiro atoms. The van der Waals surface area contributed by atoms with Gasteiger partial charge in [-0.2, -0.15) is 0 Å². The van der Waals surface area contributed by atoms with Crippen molar-refractivity contribution < 1.29 is 42.6 Å². The van der Waals surface area contributed by atoms with Gasteiger partial charge < -0.3 is 28.2 Å². The van der Waals surface area contributed by atoms with Crippen LogP contribution in [0, 0.1) is 16.7 Å². The maximum absolute atomic E-state index is 15.6. The number of fused-ring (bicyclic) bond motifs is 5. The third-order valence-corrected chi connectivity index (χ3v) is 23.9. The summed E-state index contributed by atoms with van der Waals surface area (Å²) in [5, 5.41) is 13.8. The number of ketones is 1. The normalized spacial score (nSPS) is 34.3. The molecule has 8 atom stereocenters. The first-order valence-corrected chi connectivity index (χ1v) is 24.9. The molecule has 0 amide bonds. The largest absolute Gasteiger partial charge is 0.455 e. The Morgan fingerprint density at radius 2 is 1.46 bits per heavy atom. The standard InChI is InChI=1S/C41H64O9Si2/c1-12-51(13-2,14-3)49-31-25-41(45)36(47-37(44)29-21-19-18-20-22-29)35-39(11,32(43)23-30(27(31)7)38(41,9)10)33(50-52(15-4,16-5)17-6)24-34-40(35,26-46-34)48-28(8)42/h18-22,31,33-36,45H,12-17,23-26H2,1-11H3/t31-,33-,34+,35?,36?,39+,40-,41+/m0/s1. The topological polar surface area (TPSA) is 118 Å². The van der Waals surface area contributed by atoms with Crippen LogP contribution in [0.1, 0.15) is 106 Å². The summed E-state index contributed by atoms with van der Waals surface area (Å²) in [4.78, 5) is 43.0. The number of carbonyl (C=O) groups excluding carboxylic acids is 3. The zero-order chi connectivity index (χ0) is 38.5. The van der Waals surface area contributed by atoms with E-state index in [2.05, 4.69) is 48.5 Å². The zero-order valence-electron chi connectivity index (χ0n) is 33.6. The minimum atomic E-state index is -2.33. The van der Waals surface area contributed by atoms with E-state index in [0.717, 1.165) is 47.4 Å². The fourth-order valence-electron chi connectivity index (χ4n) is 10.3. The number of hydrogen-bond acceptors (Lipinski definition) is 9. The van der Waals surface area contributed by atoms with Crippen LogP contribution in [0.4, 0.5) is 0 Å². The number of carbonyl (C=O) groups is 3. The van der Waals surface area contributed by atoms with E-state index in [1.54, 1.807) is 24.3 Å². The fraction of sp³-hybridized carbons (Fsp3) is 0.732. The summed E-state index contributed by atoms with van der Waals surface area (Å²) in [6.07, 6.45) is -2.41. The molecule has 11 heteroatoms. The highest BCUT2D eigenvalue weighted by Crippen LogP contribution is 2.65. The van der Waals surface area contributed by atoms with Crippen LogP contribution in [-0.4, -0.2) is 81.7 Å². The first-order chi connectivity index (χ1) is 24.4. The van der Waals surface area contributed by atoms with Crippen molar-refractivity contribution in [2.45, 2.75) is 167 Å². The highest BCUT2D eigenvalue weighted by molar-refractivity contribution is 6.74. The molecule has 1 saturated heterocycles. The molecular weight excluding hydrogens is 693 g/mol. The van der Waals surface area contributed by atoms with Crippen molar-refractivity contribution in [3.63, 3.8) is 0 Å². The third kappa shape index (κ3) is 6.32. The molecule has 1 heterocycles. The van der Waals surface area contributed by atoms with E-state index in [-0.39, 0.29) is 25.2 Å². The summed E-state index contributed by atoms with van der Waals surface area (Å²) in [6.45, 7) is 22.3. The predicted octanol–water partition coefficient (Wildman–Crippen LogP) is 8.17. The lowest BCUT2D eigenvalue weighted by atomic mass is 9.45. The molecule has 0 aromatic heterocycles. The molecule has 2 unspecified atom stereocenters. The SMILES string of the molecule is CC[Si](CC)(CC)O[C@H]1C[C@@]2(O)C(OC(=O)c3ccccc3)C3[C@](C)(C(=O)CC(=C1C)C2(C)C)[C@@H](O[Si](CC)(CC)CC)C[C@H]1OC[C@@]31OC(C)=O. The number of benzene rings is 1. The molecule has 9 nitrogen and oxygen atoms in total. The van der Waals surface area contributed by atoms with E-state index < -0.39 is 80.9 Å². The molecule has 1 aromatic rings. The van der Waals surface area contributed by atoms with E-state index in [0.29, 0.717) is 12.0 Å². The summed E-state index contributed by atoms with van der Waals surface area (Å²) >= 11 is 0. The monoisotopic (exact) mass is 756 g/mol. The molecule has 4 aliphatic rings. The second-order valence-corrected chi connectivity index (χ2v) is 26.2. The van der Waals surface area contributed by atoms with Gasteiger partial charge in [-0.25, -0.2) is 4.79 Å². The van der Waals surface area contributed by atoms with Crippen LogP contribution >= 0.6 is 0 Å². The summed E-state index contributed by atoms with van der Waals surface area (Å²) in [7, 11) is -4.55. The average Bonchev–Trinajstić information content (AvgIpc) is 3.12. The molecule has 290 valence electrons. The molecule has 1 aliphatic heterocycles. The van der Waals surface area contributed by atoms with Crippen LogP contribution in [0.3, 0.4) is 0 Å². The van der Waals surface area contributed by atoms with E-state index in [1.165, 1.54) is 6.92 Å². The number of esters is 2. The molecule has 3 aliphatic carbocycles. The van der Waals surface area contributed by atoms with Crippen molar-refractivity contribution in [3.05, 3.63) is 47.0 Å². The molecule has 2 bridgehead atoms. The van der Waals surface area contributed by atoms with E-state index >= 15 is 4.79 Å². The van der Waals surface area contributed by atoms with Gasteiger partial charge in [0.2, 0.25) is 0 Å². The quantitative estimate of drug-likeness (QED) is 0.121. The van der Waals surface area contributed by atoms with Crippen LogP contribution in [0.15, 0.2) is 41.5 Å². The minimum Gasteiger partial charge on any atom is -0.455 e. The van der Waals surface area contributed by atoms with Crippen LogP contribution in [0.25, 0.3) is 0 Å². The highest BCUT2D eigenvalue weighted by Gasteiger charge is 2.77. The molecular formula is C41H64O9Si2. The Kier molecular flexibility index (Phi) is 11.7. The van der Waals surface area contributed by atoms with Crippen molar-refractivity contribution >= 4 is 34.4 Å². The van der Waals surface area contributed by atoms with E-state index in [9.17, 15) is 14.7 Å². The third-order valence-electron chi connectivity index (χ3n) is 14.6. The molecule has 52 heavy (non-hydrogen) atoms. The van der Waals surface area contributed by atoms with Gasteiger partial charge in [-0.1, -0.05) is 79.2 Å². The number of Topliss-reactive ketones (excluding diaryl/α,β-unsaturated/α-hetero) is 1. The first-order valence-electron chi connectivity index (χ1n) is 19.8. The zero-order valence-corrected chi connectivity index (χ0v) is 35.6. The maximum Gasteiger partial charge on any atom is 0.338 e. The number of ether oxygens (including phenoxy) is 3. The number of hydrogen-bond donors (Lipinski definition) is 1. The maximum atomic E-state index is 15.6. The van der Waals surface area contributed by atoms with Gasteiger partial charge in [-0.05, 0) is 67.8 Å². The Hall–Kier alpha value is -2.16. The summed E-state index contributed by atoms with van der Waals surface area (Å²) in [6, 6.07) is 14.1. The Labute approximate surface area is 313 Å². The molecule has 1 N–H and O–H groups in total. The molecule has 5 rings (SSSR count). The van der Waals surface area contributed by atoms with Crippen LogP contribution in [0.2, 0.25) is 36.3 Å². The van der Waals surface area contributed by atoms with E-state index in [4.69, 9.17) is 23.1 Å². The lowest BCUT2D eigenvalue weighted by Crippen LogP contribution is -2.81. The molecule has 1 aromatic carbocycles. The van der Waals surface area contributed by atoms with Gasteiger partial charge in [0.05, 0.1) is 35.7 Å². The summed E-state index contributed by atoms with van der Waals surface area (Å²) < 4.78 is 33.8. The van der Waals surface area contributed by atoms with Gasteiger partial charge >= 0.3 is 11.9 Å². The Morgan fingerprint density at radius 3 is 1.96 bits per heavy atom. The van der Waals surface area contributed by atoms with Crippen LogP contribution in [-0.2, 0) is 32.7 Å². The number of aliphatic hydroxyl groups is 1. The van der Waals surface area contributed by atoms with Crippen molar-refractivity contribution in [3.8, 4) is 0 Å². The van der Waals surface area contributed by atoms with Gasteiger partial charge in [-0.15, -0.1) is 0 Å². The van der Waals surface area contributed by atoms with Crippen molar-refractivity contribution in [1.82, 2.24) is 0 Å². The van der Waals surface area contributed by atoms with Crippen molar-refractivity contribution in [2.75, 3.05) is 6.61 Å². The highest BCUT2D eigenvalue weighted by atomic mass is 28.4. The lowest BCUT2D eigenvalue weighted by molar-refractivity contribution is -0.343. The number of rotatable bonds is 13. The Balaban J connectivity index is 1.83. The van der Waals surface area contributed by atoms with Gasteiger partial charge in [0.1, 0.15) is 23.6 Å². The van der Waals surface area contributed by atoms with Crippen molar-refractivity contribution in [2.24, 2.45) is 16.7 Å². The second-order valence-electron chi connectivity index (χ2n) is 16.8. The van der Waals surface area contributed by atoms with Crippen LogP contribution < -0.4 is 0 Å². The molecule has 0 radical (unpaired) electrons. The van der Waals surface area contributed by atoms with Gasteiger partial charge in [-0.3, -0.25) is 9.59 Å². The fourth-order valence-corrected chi connectivity index (χ4v) is 16.2. The second kappa shape index (κ2) is 14.8. The van der Waals surface area contributed by atoms with Crippen molar-refractivity contribution in [1.29, 1.82) is 0 Å². The Morgan fingerprint density at radius 1 is 0.904 bits per heavy atom. The summed E-state index contributed by atoms with van der Waals surface area (Å²) in [5.74, 6) is -2.18. The van der Waals surface area contributed by atoms with Crippen LogP contribution in [0.5, 0.6) is 0 Å². The smallest absolute Gasteiger partial charge is 0.338 e. The summed E-state index contributed by atoms with van der Waals surface area (Å²) in [5.41, 5.74) is -3.29. The molecule has 2 saturated carbocycles. The molecule has 3 fully saturated rings. The van der Waals surface area contributed by atoms with E-state index in [1.807, 2.05) is 26.8 Å². The lowest BCUT2D eigenvalue weighted by Gasteiger charge is -2.68. The predicted molar refractivity (Wildman–Crippen MR) is 206 cm³/mol. The van der Waals surface area contributed by atoms with Gasteiger partial charge in [0.15, 0.2) is 22.2 Å². The van der Waals surface area contributed by atoms with Gasteiger partial charge in [0, 0.05) is 31.6 Å². The first kappa shape index (κ1) is 41.0. The average molecular weight is 757 g/mol.